The number of ether oxygens (including phenoxy) is 2. The Morgan fingerprint density at radius 2 is 1.61 bits per heavy atom. The second kappa shape index (κ2) is 9.67. The summed E-state index contributed by atoms with van der Waals surface area (Å²) in [4.78, 5) is 16.4. The van der Waals surface area contributed by atoms with Gasteiger partial charge in [0, 0.05) is 16.8 Å². The molecule has 3 aromatic carbocycles. The molecule has 0 saturated carbocycles. The molecule has 0 unspecified atom stereocenters. The summed E-state index contributed by atoms with van der Waals surface area (Å²) >= 11 is 3.38. The first-order valence-electron chi connectivity index (χ1n) is 8.56. The van der Waals surface area contributed by atoms with Gasteiger partial charge in [-0.25, -0.2) is 4.79 Å². The predicted molar refractivity (Wildman–Crippen MR) is 116 cm³/mol. The third kappa shape index (κ3) is 5.66. The van der Waals surface area contributed by atoms with Crippen molar-refractivity contribution in [2.45, 2.75) is 0 Å². The quantitative estimate of drug-likeness (QED) is 0.212. The second-order valence-corrected chi connectivity index (χ2v) is 6.72. The van der Waals surface area contributed by atoms with Gasteiger partial charge in [-0.1, -0.05) is 40.2 Å². The van der Waals surface area contributed by atoms with Crippen LogP contribution in [0.5, 0.6) is 11.5 Å². The minimum Gasteiger partial charge on any atom is -0.494 e. The normalized spacial score (nSPS) is 11.1. The number of carbonyl (C=O) groups excluding carboxylic acids is 1. The Morgan fingerprint density at radius 1 is 0.929 bits per heavy atom. The number of aliphatic imine (C=N–C) groups is 1. The smallest absolute Gasteiger partial charge is 0.336 e. The topological polar surface area (TPSA) is 47.9 Å². The zero-order chi connectivity index (χ0) is 19.8. The van der Waals surface area contributed by atoms with Crippen molar-refractivity contribution in [2.24, 2.45) is 4.99 Å². The molecule has 0 heterocycles. The van der Waals surface area contributed by atoms with Gasteiger partial charge < -0.3 is 9.47 Å². The number of halogens is 1. The molecular formula is C23H18BrNO3. The zero-order valence-corrected chi connectivity index (χ0v) is 16.8. The average molecular weight is 436 g/mol. The van der Waals surface area contributed by atoms with E-state index in [4.69, 9.17) is 9.47 Å². The van der Waals surface area contributed by atoms with Crippen LogP contribution in [0.1, 0.15) is 11.1 Å². The SMILES string of the molecule is COc1ccccc1N=Cc1ccc(OC(=O)C=Cc2ccc(Br)cc2)cc1. The first-order valence-corrected chi connectivity index (χ1v) is 9.36. The molecule has 0 aliphatic rings. The van der Waals surface area contributed by atoms with Crippen molar-refractivity contribution in [3.8, 4) is 11.5 Å². The van der Waals surface area contributed by atoms with Crippen molar-refractivity contribution in [3.05, 3.63) is 94.5 Å². The standard InChI is InChI=1S/C23H18BrNO3/c1-27-22-5-3-2-4-21(22)25-16-18-8-13-20(14-9-18)28-23(26)15-10-17-6-11-19(24)12-7-17/h2-16H,1H3. The summed E-state index contributed by atoms with van der Waals surface area (Å²) < 4.78 is 11.6. The average Bonchev–Trinajstić information content (AvgIpc) is 2.73. The van der Waals surface area contributed by atoms with Gasteiger partial charge in [-0.3, -0.25) is 4.99 Å². The third-order valence-electron chi connectivity index (χ3n) is 3.82. The lowest BCUT2D eigenvalue weighted by molar-refractivity contribution is -0.128. The third-order valence-corrected chi connectivity index (χ3v) is 4.35. The van der Waals surface area contributed by atoms with Gasteiger partial charge in [-0.05, 0) is 65.7 Å². The predicted octanol–water partition coefficient (Wildman–Crippen LogP) is 5.83. The van der Waals surface area contributed by atoms with Crippen LogP contribution < -0.4 is 9.47 Å². The largest absolute Gasteiger partial charge is 0.494 e. The Hall–Kier alpha value is -3.18. The lowest BCUT2D eigenvalue weighted by Crippen LogP contribution is -2.03. The molecule has 0 N–H and O–H groups in total. The highest BCUT2D eigenvalue weighted by Gasteiger charge is 2.01. The fraction of sp³-hybridized carbons (Fsp3) is 0.0435. The van der Waals surface area contributed by atoms with E-state index in [2.05, 4.69) is 20.9 Å². The van der Waals surface area contributed by atoms with Gasteiger partial charge in [-0.15, -0.1) is 0 Å². The minimum absolute atomic E-state index is 0.432. The van der Waals surface area contributed by atoms with Crippen LogP contribution in [-0.2, 0) is 4.79 Å². The van der Waals surface area contributed by atoms with Gasteiger partial charge in [0.1, 0.15) is 17.2 Å². The van der Waals surface area contributed by atoms with Crippen molar-refractivity contribution < 1.29 is 14.3 Å². The van der Waals surface area contributed by atoms with Crippen LogP contribution in [0.4, 0.5) is 5.69 Å². The summed E-state index contributed by atoms with van der Waals surface area (Å²) in [6, 6.07) is 22.3. The molecule has 0 aliphatic carbocycles. The number of esters is 1. The number of hydrogen-bond donors (Lipinski definition) is 0. The monoisotopic (exact) mass is 435 g/mol. The summed E-state index contributed by atoms with van der Waals surface area (Å²) in [6.07, 6.45) is 4.85. The van der Waals surface area contributed by atoms with Gasteiger partial charge >= 0.3 is 5.97 Å². The number of carbonyl (C=O) groups is 1. The van der Waals surface area contributed by atoms with Gasteiger partial charge in [0.25, 0.3) is 0 Å². The molecule has 28 heavy (non-hydrogen) atoms. The molecule has 3 aromatic rings. The summed E-state index contributed by atoms with van der Waals surface area (Å²) in [6.45, 7) is 0. The van der Waals surface area contributed by atoms with Gasteiger partial charge in [0.2, 0.25) is 0 Å². The van der Waals surface area contributed by atoms with E-state index in [0.717, 1.165) is 21.3 Å². The molecule has 0 aromatic heterocycles. The summed E-state index contributed by atoms with van der Waals surface area (Å²) in [5.74, 6) is 0.750. The number of para-hydroxylation sites is 2. The Bertz CT molecular complexity index is 993. The molecule has 0 amide bonds. The molecule has 0 aliphatic heterocycles. The minimum atomic E-state index is -0.432. The van der Waals surface area contributed by atoms with Crippen LogP contribution in [0.2, 0.25) is 0 Å². The molecule has 4 nitrogen and oxygen atoms in total. The van der Waals surface area contributed by atoms with Gasteiger partial charge in [0.15, 0.2) is 0 Å². The van der Waals surface area contributed by atoms with E-state index in [1.807, 2.05) is 60.7 Å². The summed E-state index contributed by atoms with van der Waals surface area (Å²) in [5, 5.41) is 0. The summed E-state index contributed by atoms with van der Waals surface area (Å²) in [5.41, 5.74) is 2.55. The van der Waals surface area contributed by atoms with Crippen LogP contribution in [0.3, 0.4) is 0 Å². The Labute approximate surface area is 172 Å². The molecule has 0 saturated heterocycles. The van der Waals surface area contributed by atoms with Crippen LogP contribution in [0.25, 0.3) is 6.08 Å². The van der Waals surface area contributed by atoms with Crippen molar-refractivity contribution in [1.82, 2.24) is 0 Å². The van der Waals surface area contributed by atoms with E-state index in [-0.39, 0.29) is 0 Å². The number of benzene rings is 3. The number of methoxy groups -OCH3 is 1. The van der Waals surface area contributed by atoms with Gasteiger partial charge in [0.05, 0.1) is 7.11 Å². The van der Waals surface area contributed by atoms with E-state index in [9.17, 15) is 4.79 Å². The molecule has 0 radical (unpaired) electrons. The highest BCUT2D eigenvalue weighted by atomic mass is 79.9. The number of rotatable bonds is 6. The van der Waals surface area contributed by atoms with Crippen LogP contribution in [0.15, 0.2) is 88.3 Å². The van der Waals surface area contributed by atoms with Crippen molar-refractivity contribution in [1.29, 1.82) is 0 Å². The maximum atomic E-state index is 12.0. The first-order chi connectivity index (χ1) is 13.6. The van der Waals surface area contributed by atoms with E-state index >= 15 is 0 Å². The van der Waals surface area contributed by atoms with Gasteiger partial charge in [-0.2, -0.15) is 0 Å². The van der Waals surface area contributed by atoms with Crippen molar-refractivity contribution >= 4 is 39.9 Å². The fourth-order valence-electron chi connectivity index (χ4n) is 2.39. The van der Waals surface area contributed by atoms with Crippen LogP contribution >= 0.6 is 15.9 Å². The molecule has 0 fully saturated rings. The molecule has 140 valence electrons. The van der Waals surface area contributed by atoms with Crippen LogP contribution in [0, 0.1) is 0 Å². The highest BCUT2D eigenvalue weighted by molar-refractivity contribution is 9.10. The first kappa shape index (κ1) is 19.6. The van der Waals surface area contributed by atoms with Crippen LogP contribution in [-0.4, -0.2) is 19.3 Å². The number of hydrogen-bond acceptors (Lipinski definition) is 4. The molecule has 0 bridgehead atoms. The maximum absolute atomic E-state index is 12.0. The fourth-order valence-corrected chi connectivity index (χ4v) is 2.66. The van der Waals surface area contributed by atoms with Crippen molar-refractivity contribution in [3.63, 3.8) is 0 Å². The van der Waals surface area contributed by atoms with E-state index in [1.54, 1.807) is 31.5 Å². The zero-order valence-electron chi connectivity index (χ0n) is 15.2. The lowest BCUT2D eigenvalue weighted by atomic mass is 10.2. The molecule has 3 rings (SSSR count). The molecule has 0 atom stereocenters. The molecule has 0 spiro atoms. The maximum Gasteiger partial charge on any atom is 0.336 e. The summed E-state index contributed by atoms with van der Waals surface area (Å²) in [7, 11) is 1.61. The second-order valence-electron chi connectivity index (χ2n) is 5.81. The number of nitrogens with zero attached hydrogens (tertiary/aromatic N) is 1. The molecular weight excluding hydrogens is 418 g/mol. The van der Waals surface area contributed by atoms with E-state index in [1.165, 1.54) is 6.08 Å². The highest BCUT2D eigenvalue weighted by Crippen LogP contribution is 2.26. The Balaban J connectivity index is 1.60. The lowest BCUT2D eigenvalue weighted by Gasteiger charge is -2.03. The van der Waals surface area contributed by atoms with E-state index in [0.29, 0.717) is 11.5 Å². The Morgan fingerprint density at radius 3 is 2.32 bits per heavy atom. The Kier molecular flexibility index (Phi) is 6.76. The van der Waals surface area contributed by atoms with E-state index < -0.39 is 5.97 Å². The van der Waals surface area contributed by atoms with Crippen molar-refractivity contribution in [2.75, 3.05) is 7.11 Å². The molecule has 5 heteroatoms.